The molecule has 0 aliphatic rings. The van der Waals surface area contributed by atoms with Crippen LogP contribution in [-0.2, 0) is 7.05 Å². The highest BCUT2D eigenvalue weighted by Gasteiger charge is 2.13. The van der Waals surface area contributed by atoms with Crippen molar-refractivity contribution in [2.45, 2.75) is 0 Å². The highest BCUT2D eigenvalue weighted by molar-refractivity contribution is 5.81. The van der Waals surface area contributed by atoms with Gasteiger partial charge < -0.3 is 4.42 Å². The van der Waals surface area contributed by atoms with E-state index in [9.17, 15) is 9.18 Å². The Morgan fingerprint density at radius 3 is 2.94 bits per heavy atom. The summed E-state index contributed by atoms with van der Waals surface area (Å²) >= 11 is 0. The minimum atomic E-state index is -0.618. The number of aromatic nitrogens is 3. The molecule has 0 aliphatic carbocycles. The molecule has 0 saturated heterocycles. The van der Waals surface area contributed by atoms with Crippen LogP contribution in [0, 0.1) is 5.82 Å². The number of rotatable bonds is 1. The fourth-order valence-electron chi connectivity index (χ4n) is 1.81. The van der Waals surface area contributed by atoms with E-state index in [1.807, 2.05) is 0 Å². The molecule has 0 fully saturated rings. The van der Waals surface area contributed by atoms with Crippen LogP contribution in [0.3, 0.4) is 0 Å². The number of hydrogen-bond acceptors (Lipinski definition) is 3. The van der Waals surface area contributed by atoms with Crippen LogP contribution in [0.15, 0.2) is 40.0 Å². The summed E-state index contributed by atoms with van der Waals surface area (Å²) in [5.74, 6) is -1.11. The van der Waals surface area contributed by atoms with Gasteiger partial charge in [0.25, 0.3) is 0 Å². The fourth-order valence-corrected chi connectivity index (χ4v) is 1.81. The Kier molecular flexibility index (Phi) is 1.91. The largest absolute Gasteiger partial charge is 0.423 e. The lowest BCUT2D eigenvalue weighted by Crippen LogP contribution is -2.12. The maximum Gasteiger partial charge on any atom is 0.423 e. The number of aryl methyl sites for hydroxylation is 1. The number of fused-ring (bicyclic) bond motifs is 1. The predicted octanol–water partition coefficient (Wildman–Crippen LogP) is 1.46. The number of halogens is 1. The van der Waals surface area contributed by atoms with Crippen molar-refractivity contribution in [3.05, 3.63) is 47.2 Å². The molecule has 6 heteroatoms. The maximum atomic E-state index is 14.2. The predicted molar refractivity (Wildman–Crippen MR) is 58.5 cm³/mol. The second-order valence-electron chi connectivity index (χ2n) is 3.64. The van der Waals surface area contributed by atoms with E-state index in [1.54, 1.807) is 17.8 Å². The van der Waals surface area contributed by atoms with Gasteiger partial charge in [-0.2, -0.15) is 5.10 Å². The van der Waals surface area contributed by atoms with E-state index in [2.05, 4.69) is 9.52 Å². The average molecular weight is 233 g/mol. The van der Waals surface area contributed by atoms with E-state index in [4.69, 9.17) is 0 Å². The number of oxazole rings is 1. The zero-order chi connectivity index (χ0) is 12.0. The Labute approximate surface area is 94.7 Å². The summed E-state index contributed by atoms with van der Waals surface area (Å²) in [5.41, 5.74) is 0.826. The van der Waals surface area contributed by atoms with Crippen molar-refractivity contribution in [1.82, 2.24) is 14.3 Å². The van der Waals surface area contributed by atoms with E-state index in [1.165, 1.54) is 24.7 Å². The van der Waals surface area contributed by atoms with E-state index in [-0.39, 0.29) is 5.69 Å². The van der Waals surface area contributed by atoms with Crippen molar-refractivity contribution in [2.24, 2.45) is 7.05 Å². The van der Waals surface area contributed by atoms with Gasteiger partial charge in [0.1, 0.15) is 6.26 Å². The molecule has 5 nitrogen and oxygen atoms in total. The van der Waals surface area contributed by atoms with Crippen molar-refractivity contribution in [3.63, 3.8) is 0 Å². The van der Waals surface area contributed by atoms with Crippen LogP contribution in [0.5, 0.6) is 0 Å². The SMILES string of the molecule is Cn1ncc2c(F)c(-n3ccoc3=O)ccc21. The van der Waals surface area contributed by atoms with Gasteiger partial charge in [-0.25, -0.2) is 13.8 Å². The third-order valence-corrected chi connectivity index (χ3v) is 2.68. The third-order valence-electron chi connectivity index (χ3n) is 2.68. The molecule has 0 spiro atoms. The number of benzene rings is 1. The molecule has 2 aromatic heterocycles. The zero-order valence-electron chi connectivity index (χ0n) is 8.92. The van der Waals surface area contributed by atoms with Gasteiger partial charge in [0.05, 0.1) is 29.0 Å². The van der Waals surface area contributed by atoms with Crippen LogP contribution in [0.2, 0.25) is 0 Å². The molecule has 3 aromatic rings. The van der Waals surface area contributed by atoms with Crippen molar-refractivity contribution >= 4 is 10.9 Å². The fraction of sp³-hybridized carbons (Fsp3) is 0.0909. The van der Waals surface area contributed by atoms with Crippen LogP contribution >= 0.6 is 0 Å². The summed E-state index contributed by atoms with van der Waals surface area (Å²) in [5, 5.41) is 4.34. The first-order valence-corrected chi connectivity index (χ1v) is 4.95. The highest BCUT2D eigenvalue weighted by Crippen LogP contribution is 2.22. The van der Waals surface area contributed by atoms with Gasteiger partial charge in [0, 0.05) is 7.05 Å². The zero-order valence-corrected chi connectivity index (χ0v) is 8.92. The van der Waals surface area contributed by atoms with Crippen LogP contribution in [-0.4, -0.2) is 14.3 Å². The standard InChI is InChI=1S/C11H8FN3O2/c1-14-8-2-3-9(10(12)7(8)6-13-14)15-4-5-17-11(15)16/h2-6H,1H3. The minimum Gasteiger partial charge on any atom is -0.416 e. The lowest BCUT2D eigenvalue weighted by atomic mass is 10.2. The molecule has 0 saturated carbocycles. The molecule has 0 unspecified atom stereocenters. The summed E-state index contributed by atoms with van der Waals surface area (Å²) < 4.78 is 21.5. The summed E-state index contributed by atoms with van der Waals surface area (Å²) in [6.45, 7) is 0. The van der Waals surface area contributed by atoms with Crippen LogP contribution in [0.1, 0.15) is 0 Å². The quantitative estimate of drug-likeness (QED) is 0.639. The topological polar surface area (TPSA) is 53.0 Å². The Bertz CT molecular complexity index is 754. The first-order chi connectivity index (χ1) is 8.18. The molecule has 1 aromatic carbocycles. The molecule has 0 N–H and O–H groups in total. The van der Waals surface area contributed by atoms with Crippen LogP contribution in [0.25, 0.3) is 16.6 Å². The van der Waals surface area contributed by atoms with E-state index < -0.39 is 11.6 Å². The van der Waals surface area contributed by atoms with Crippen molar-refractivity contribution in [2.75, 3.05) is 0 Å². The first-order valence-electron chi connectivity index (χ1n) is 4.95. The minimum absolute atomic E-state index is 0.157. The lowest BCUT2D eigenvalue weighted by Gasteiger charge is -2.03. The van der Waals surface area contributed by atoms with Gasteiger partial charge in [0.15, 0.2) is 5.82 Å². The van der Waals surface area contributed by atoms with Gasteiger partial charge in [-0.05, 0) is 12.1 Å². The smallest absolute Gasteiger partial charge is 0.416 e. The van der Waals surface area contributed by atoms with Crippen LogP contribution < -0.4 is 5.76 Å². The number of nitrogens with zero attached hydrogens (tertiary/aromatic N) is 3. The Hall–Kier alpha value is -2.37. The van der Waals surface area contributed by atoms with Gasteiger partial charge in [-0.3, -0.25) is 4.68 Å². The Balaban J connectivity index is 2.36. The second-order valence-corrected chi connectivity index (χ2v) is 3.64. The molecule has 3 rings (SSSR count). The average Bonchev–Trinajstić information content (AvgIpc) is 2.88. The molecule has 0 atom stereocenters. The van der Waals surface area contributed by atoms with Crippen LogP contribution in [0.4, 0.5) is 4.39 Å². The molecule has 0 aliphatic heterocycles. The van der Waals surface area contributed by atoms with E-state index >= 15 is 0 Å². The molecule has 0 amide bonds. The van der Waals surface area contributed by atoms with Gasteiger partial charge in [-0.15, -0.1) is 0 Å². The van der Waals surface area contributed by atoms with Crippen molar-refractivity contribution in [3.8, 4) is 5.69 Å². The van der Waals surface area contributed by atoms with E-state index in [0.717, 1.165) is 4.57 Å². The molecule has 2 heterocycles. The molecule has 0 radical (unpaired) electrons. The van der Waals surface area contributed by atoms with Gasteiger partial charge in [0.2, 0.25) is 0 Å². The normalized spacial score (nSPS) is 11.2. The second kappa shape index (κ2) is 3.31. The van der Waals surface area contributed by atoms with E-state index in [0.29, 0.717) is 10.9 Å². The first kappa shape index (κ1) is 9.83. The van der Waals surface area contributed by atoms with Gasteiger partial charge in [-0.1, -0.05) is 0 Å². The summed E-state index contributed by atoms with van der Waals surface area (Å²) in [6.07, 6.45) is 4.03. The summed E-state index contributed by atoms with van der Waals surface area (Å²) in [7, 11) is 1.73. The third kappa shape index (κ3) is 1.30. The Morgan fingerprint density at radius 2 is 2.24 bits per heavy atom. The van der Waals surface area contributed by atoms with Crippen molar-refractivity contribution < 1.29 is 8.81 Å². The number of hydrogen-bond donors (Lipinski definition) is 0. The summed E-state index contributed by atoms with van der Waals surface area (Å²) in [4.78, 5) is 11.3. The summed E-state index contributed by atoms with van der Waals surface area (Å²) in [6, 6.07) is 3.23. The monoisotopic (exact) mass is 233 g/mol. The van der Waals surface area contributed by atoms with Gasteiger partial charge >= 0.3 is 5.76 Å². The molecular formula is C11H8FN3O2. The Morgan fingerprint density at radius 1 is 1.41 bits per heavy atom. The molecule has 17 heavy (non-hydrogen) atoms. The molecule has 86 valence electrons. The maximum absolute atomic E-state index is 14.2. The molecular weight excluding hydrogens is 225 g/mol. The lowest BCUT2D eigenvalue weighted by molar-refractivity contribution is 0.501. The van der Waals surface area contributed by atoms with Crippen molar-refractivity contribution in [1.29, 1.82) is 0 Å². The highest BCUT2D eigenvalue weighted by atomic mass is 19.1. The molecule has 0 bridgehead atoms.